The summed E-state index contributed by atoms with van der Waals surface area (Å²) in [6, 6.07) is 16.9. The quantitative estimate of drug-likeness (QED) is 0.821. The molecule has 0 fully saturated rings. The van der Waals surface area contributed by atoms with Crippen LogP contribution in [0.4, 0.5) is 5.69 Å². The first kappa shape index (κ1) is 19.0. The van der Waals surface area contributed by atoms with Gasteiger partial charge in [0.25, 0.3) is 0 Å². The zero-order chi connectivity index (χ0) is 19.2. The van der Waals surface area contributed by atoms with Gasteiger partial charge >= 0.3 is 0 Å². The third-order valence-electron chi connectivity index (χ3n) is 3.89. The van der Waals surface area contributed by atoms with Crippen LogP contribution in [0.5, 0.6) is 5.75 Å². The monoisotopic (exact) mass is 382 g/mol. The average Bonchev–Trinajstić information content (AvgIpc) is 2.65. The van der Waals surface area contributed by atoms with E-state index in [1.807, 2.05) is 67.8 Å². The summed E-state index contributed by atoms with van der Waals surface area (Å²) in [5.74, 6) is 0.594. The molecule has 0 radical (unpaired) electrons. The van der Waals surface area contributed by atoms with Gasteiger partial charge in [0.2, 0.25) is 11.8 Å². The Hall–Kier alpha value is -2.73. The van der Waals surface area contributed by atoms with Gasteiger partial charge in [0.05, 0.1) is 23.2 Å². The summed E-state index contributed by atoms with van der Waals surface area (Å²) < 4.78 is 5.74. The highest BCUT2D eigenvalue weighted by molar-refractivity contribution is 8.03. The van der Waals surface area contributed by atoms with Crippen molar-refractivity contribution in [3.05, 3.63) is 65.6 Å². The van der Waals surface area contributed by atoms with Gasteiger partial charge in [0.1, 0.15) is 12.3 Å². The van der Waals surface area contributed by atoms with Crippen molar-refractivity contribution in [1.29, 1.82) is 0 Å². The fourth-order valence-corrected chi connectivity index (χ4v) is 3.54. The van der Waals surface area contributed by atoms with Gasteiger partial charge in [0.15, 0.2) is 0 Å². The average molecular weight is 382 g/mol. The molecule has 0 aliphatic carbocycles. The number of ether oxygens (including phenoxy) is 1. The fourth-order valence-electron chi connectivity index (χ4n) is 2.73. The van der Waals surface area contributed by atoms with Crippen LogP contribution >= 0.6 is 11.8 Å². The zero-order valence-corrected chi connectivity index (χ0v) is 16.2. The van der Waals surface area contributed by atoms with E-state index in [1.165, 1.54) is 16.7 Å². The lowest BCUT2D eigenvalue weighted by atomic mass is 10.1. The van der Waals surface area contributed by atoms with E-state index in [-0.39, 0.29) is 24.5 Å². The van der Waals surface area contributed by atoms with E-state index in [4.69, 9.17) is 4.74 Å². The van der Waals surface area contributed by atoms with E-state index in [1.54, 1.807) is 6.07 Å². The summed E-state index contributed by atoms with van der Waals surface area (Å²) in [5, 5.41) is 4.79. The van der Waals surface area contributed by atoms with Crippen molar-refractivity contribution in [3.8, 4) is 5.75 Å². The summed E-state index contributed by atoms with van der Waals surface area (Å²) in [4.78, 5) is 26.6. The third kappa shape index (κ3) is 4.92. The molecule has 0 saturated carbocycles. The van der Waals surface area contributed by atoms with Crippen molar-refractivity contribution in [2.24, 2.45) is 0 Å². The molecule has 1 heterocycles. The lowest BCUT2D eigenvalue weighted by molar-refractivity contribution is -0.129. The predicted octanol–water partition coefficient (Wildman–Crippen LogP) is 3.99. The first-order valence-electron chi connectivity index (χ1n) is 8.77. The lowest BCUT2D eigenvalue weighted by Gasteiger charge is -2.28. The number of hydrogen-bond donors (Lipinski definition) is 1. The maximum atomic E-state index is 12.6. The third-order valence-corrected chi connectivity index (χ3v) is 4.69. The van der Waals surface area contributed by atoms with E-state index in [0.29, 0.717) is 17.2 Å². The van der Waals surface area contributed by atoms with Gasteiger partial charge in [0, 0.05) is 0 Å². The number of nitrogens with one attached hydrogen (secondary N) is 1. The van der Waals surface area contributed by atoms with Crippen LogP contribution < -0.4 is 10.1 Å². The number of benzene rings is 2. The molecule has 0 saturated heterocycles. The number of rotatable bonds is 6. The molecule has 0 atom stereocenters. The molecular weight excluding hydrogens is 360 g/mol. The Bertz CT molecular complexity index is 850. The minimum Gasteiger partial charge on any atom is -0.489 e. The molecule has 6 heteroatoms. The molecule has 1 N–H and O–H groups in total. The predicted molar refractivity (Wildman–Crippen MR) is 109 cm³/mol. The summed E-state index contributed by atoms with van der Waals surface area (Å²) in [7, 11) is 0. The van der Waals surface area contributed by atoms with Crippen LogP contribution in [0.25, 0.3) is 5.70 Å². The summed E-state index contributed by atoms with van der Waals surface area (Å²) in [6.45, 7) is 3.81. The van der Waals surface area contributed by atoms with Crippen molar-refractivity contribution >= 4 is 35.0 Å². The molecule has 27 heavy (non-hydrogen) atoms. The van der Waals surface area contributed by atoms with Crippen molar-refractivity contribution in [2.45, 2.75) is 20.0 Å². The second-order valence-electron chi connectivity index (χ2n) is 6.37. The Morgan fingerprint density at radius 2 is 1.85 bits per heavy atom. The molecule has 0 bridgehead atoms. The molecule has 2 aromatic rings. The van der Waals surface area contributed by atoms with Crippen LogP contribution in [0.3, 0.4) is 0 Å². The summed E-state index contributed by atoms with van der Waals surface area (Å²) >= 11 is 1.45. The minimum atomic E-state index is -0.267. The van der Waals surface area contributed by atoms with Crippen LogP contribution in [-0.2, 0) is 9.59 Å². The van der Waals surface area contributed by atoms with Crippen molar-refractivity contribution in [3.63, 3.8) is 0 Å². The van der Waals surface area contributed by atoms with E-state index < -0.39 is 0 Å². The number of anilines is 1. The highest BCUT2D eigenvalue weighted by Crippen LogP contribution is 2.29. The Morgan fingerprint density at radius 1 is 1.15 bits per heavy atom. The van der Waals surface area contributed by atoms with Gasteiger partial charge in [-0.15, -0.1) is 11.8 Å². The number of nitrogens with zero attached hydrogens (tertiary/aromatic N) is 1. The number of amides is 2. The Kier molecular flexibility index (Phi) is 6.19. The van der Waals surface area contributed by atoms with Crippen LogP contribution in [0.1, 0.15) is 19.4 Å². The standard InChI is InChI=1S/C21H22N2O3S/c1-15(2)26-19-11-7-6-10-17(19)22-20(24)12-23-18(13-27-14-21(23)25)16-8-4-3-5-9-16/h3-11,13,15H,12,14H2,1-2H3,(H,22,24). The number of para-hydroxylation sites is 2. The second kappa shape index (κ2) is 8.77. The van der Waals surface area contributed by atoms with E-state index in [0.717, 1.165) is 11.3 Å². The number of hydrogen-bond acceptors (Lipinski definition) is 4. The Morgan fingerprint density at radius 3 is 2.59 bits per heavy atom. The topological polar surface area (TPSA) is 58.6 Å². The van der Waals surface area contributed by atoms with E-state index >= 15 is 0 Å². The molecule has 140 valence electrons. The zero-order valence-electron chi connectivity index (χ0n) is 15.3. The Labute approximate surface area is 163 Å². The normalized spacial score (nSPS) is 14.1. The van der Waals surface area contributed by atoms with Gasteiger partial charge in [-0.05, 0) is 37.0 Å². The first-order chi connectivity index (χ1) is 13.0. The fraction of sp³-hybridized carbons (Fsp3) is 0.238. The van der Waals surface area contributed by atoms with Crippen LogP contribution in [-0.4, -0.2) is 35.1 Å². The van der Waals surface area contributed by atoms with Gasteiger partial charge < -0.3 is 15.0 Å². The molecule has 5 nitrogen and oxygen atoms in total. The largest absolute Gasteiger partial charge is 0.489 e. The first-order valence-corrected chi connectivity index (χ1v) is 9.82. The molecule has 0 unspecified atom stereocenters. The highest BCUT2D eigenvalue weighted by atomic mass is 32.2. The Balaban J connectivity index is 1.76. The lowest BCUT2D eigenvalue weighted by Crippen LogP contribution is -2.39. The molecule has 0 aromatic heterocycles. The van der Waals surface area contributed by atoms with Crippen LogP contribution in [0.15, 0.2) is 60.0 Å². The molecule has 2 amide bonds. The van der Waals surface area contributed by atoms with Crippen LogP contribution in [0, 0.1) is 0 Å². The van der Waals surface area contributed by atoms with E-state index in [2.05, 4.69) is 5.32 Å². The van der Waals surface area contributed by atoms with Crippen molar-refractivity contribution in [2.75, 3.05) is 17.6 Å². The van der Waals surface area contributed by atoms with Crippen LogP contribution in [0.2, 0.25) is 0 Å². The van der Waals surface area contributed by atoms with Crippen molar-refractivity contribution in [1.82, 2.24) is 4.90 Å². The molecule has 2 aromatic carbocycles. The maximum absolute atomic E-state index is 12.6. The number of carbonyl (C=O) groups excluding carboxylic acids is 2. The molecular formula is C21H22N2O3S. The van der Waals surface area contributed by atoms with Gasteiger partial charge in [-0.3, -0.25) is 9.59 Å². The molecule has 0 spiro atoms. The summed E-state index contributed by atoms with van der Waals surface area (Å²) in [6.07, 6.45) is -0.00337. The molecule has 1 aliphatic rings. The van der Waals surface area contributed by atoms with Gasteiger partial charge in [-0.1, -0.05) is 42.5 Å². The van der Waals surface area contributed by atoms with E-state index in [9.17, 15) is 9.59 Å². The van der Waals surface area contributed by atoms with Gasteiger partial charge in [-0.2, -0.15) is 0 Å². The number of carbonyl (C=O) groups is 2. The SMILES string of the molecule is CC(C)Oc1ccccc1NC(=O)CN1C(=O)CSC=C1c1ccccc1. The maximum Gasteiger partial charge on any atom is 0.244 e. The van der Waals surface area contributed by atoms with Gasteiger partial charge in [-0.25, -0.2) is 0 Å². The molecule has 3 rings (SSSR count). The van der Waals surface area contributed by atoms with Crippen molar-refractivity contribution < 1.29 is 14.3 Å². The number of thioether (sulfide) groups is 1. The smallest absolute Gasteiger partial charge is 0.244 e. The summed E-state index contributed by atoms with van der Waals surface area (Å²) in [5.41, 5.74) is 2.26. The second-order valence-corrected chi connectivity index (χ2v) is 7.23. The highest BCUT2D eigenvalue weighted by Gasteiger charge is 2.25. The minimum absolute atomic E-state index is 0.00337. The molecule has 1 aliphatic heterocycles.